The van der Waals surface area contributed by atoms with E-state index in [1.54, 1.807) is 0 Å². The van der Waals surface area contributed by atoms with Crippen molar-refractivity contribution < 1.29 is 9.59 Å². The van der Waals surface area contributed by atoms with Crippen LogP contribution in [0.25, 0.3) is 0 Å². The minimum Gasteiger partial charge on any atom is -0.335 e. The minimum absolute atomic E-state index is 0. The fourth-order valence-electron chi connectivity index (χ4n) is 3.98. The number of likely N-dealkylation sites (tertiary alicyclic amines) is 1. The Morgan fingerprint density at radius 1 is 1.14 bits per heavy atom. The zero-order valence-electron chi connectivity index (χ0n) is 16.7. The summed E-state index contributed by atoms with van der Waals surface area (Å²) in [7, 11) is 0. The molecule has 0 bridgehead atoms. The maximum Gasteiger partial charge on any atom is 0.317 e. The molecule has 3 N–H and O–H groups in total. The lowest BCUT2D eigenvalue weighted by Crippen LogP contribution is -2.49. The Hall–Kier alpha value is -1.79. The van der Waals surface area contributed by atoms with Gasteiger partial charge in [-0.05, 0) is 49.9 Å². The van der Waals surface area contributed by atoms with Crippen molar-refractivity contribution in [3.63, 3.8) is 0 Å². The van der Waals surface area contributed by atoms with E-state index < -0.39 is 0 Å². The highest BCUT2D eigenvalue weighted by Gasteiger charge is 2.29. The molecule has 1 saturated heterocycles. The number of benzene rings is 1. The summed E-state index contributed by atoms with van der Waals surface area (Å²) in [4.78, 5) is 27.0. The van der Waals surface area contributed by atoms with E-state index in [4.69, 9.17) is 0 Å². The van der Waals surface area contributed by atoms with E-state index in [1.165, 1.54) is 12.8 Å². The monoisotopic (exact) mass is 408 g/mol. The Morgan fingerprint density at radius 3 is 2.68 bits per heavy atom. The van der Waals surface area contributed by atoms with E-state index in [1.807, 2.05) is 29.2 Å². The number of urea groups is 1. The maximum absolute atomic E-state index is 12.7. The third-order valence-corrected chi connectivity index (χ3v) is 5.54. The Bertz CT molecular complexity index is 649. The summed E-state index contributed by atoms with van der Waals surface area (Å²) < 4.78 is 0. The second-order valence-electron chi connectivity index (χ2n) is 7.69. The van der Waals surface area contributed by atoms with Gasteiger partial charge in [-0.25, -0.2) is 4.79 Å². The van der Waals surface area contributed by atoms with Gasteiger partial charge in [0.25, 0.3) is 0 Å². The number of hydrogen-bond donors (Lipinski definition) is 3. The molecule has 3 rings (SSSR count). The van der Waals surface area contributed by atoms with Crippen molar-refractivity contribution in [2.45, 2.75) is 58.0 Å². The van der Waals surface area contributed by atoms with Gasteiger partial charge in [0.05, 0.1) is 5.92 Å². The molecule has 1 atom stereocenters. The van der Waals surface area contributed by atoms with Gasteiger partial charge in [0, 0.05) is 31.4 Å². The predicted octanol–water partition coefficient (Wildman–Crippen LogP) is 3.52. The van der Waals surface area contributed by atoms with Gasteiger partial charge in [-0.2, -0.15) is 0 Å². The first-order chi connectivity index (χ1) is 13.2. The fraction of sp³-hybridized carbons (Fsp3) is 0.619. The van der Waals surface area contributed by atoms with Crippen molar-refractivity contribution >= 4 is 30.0 Å². The number of nitrogens with zero attached hydrogens (tertiary/aromatic N) is 1. The first-order valence-electron chi connectivity index (χ1n) is 10.3. The van der Waals surface area contributed by atoms with E-state index in [9.17, 15) is 9.59 Å². The van der Waals surface area contributed by atoms with Gasteiger partial charge < -0.3 is 20.9 Å². The average molecular weight is 409 g/mol. The van der Waals surface area contributed by atoms with Gasteiger partial charge in [0.2, 0.25) is 5.91 Å². The Morgan fingerprint density at radius 2 is 1.93 bits per heavy atom. The van der Waals surface area contributed by atoms with Crippen LogP contribution < -0.4 is 16.0 Å². The normalized spacial score (nSPS) is 19.8. The van der Waals surface area contributed by atoms with Crippen LogP contribution in [-0.4, -0.2) is 42.5 Å². The molecule has 1 aliphatic heterocycles. The quantitative estimate of drug-likeness (QED) is 0.674. The molecular weight excluding hydrogens is 376 g/mol. The van der Waals surface area contributed by atoms with Gasteiger partial charge in [-0.1, -0.05) is 31.9 Å². The molecule has 0 aromatic heterocycles. The second-order valence-corrected chi connectivity index (χ2v) is 7.69. The fourth-order valence-corrected chi connectivity index (χ4v) is 3.98. The van der Waals surface area contributed by atoms with Crippen LogP contribution in [-0.2, 0) is 11.3 Å². The van der Waals surface area contributed by atoms with Gasteiger partial charge >= 0.3 is 6.03 Å². The van der Waals surface area contributed by atoms with Crippen LogP contribution in [0.1, 0.15) is 51.0 Å². The highest BCUT2D eigenvalue weighted by molar-refractivity contribution is 5.93. The largest absolute Gasteiger partial charge is 0.335 e. The first kappa shape index (κ1) is 22.5. The molecule has 7 heteroatoms. The molecule has 2 aliphatic rings. The van der Waals surface area contributed by atoms with Crippen molar-refractivity contribution in [3.05, 3.63) is 29.8 Å². The number of hydrogen-bond acceptors (Lipinski definition) is 3. The number of nitrogens with one attached hydrogen (secondary N) is 3. The third kappa shape index (κ3) is 6.38. The molecule has 0 radical (unpaired) electrons. The Kier molecular flexibility index (Phi) is 9.06. The van der Waals surface area contributed by atoms with Crippen LogP contribution >= 0.6 is 12.4 Å². The lowest BCUT2D eigenvalue weighted by molar-refractivity contribution is -0.121. The number of anilines is 1. The van der Waals surface area contributed by atoms with Crippen molar-refractivity contribution in [3.8, 4) is 0 Å². The molecule has 1 aromatic carbocycles. The van der Waals surface area contributed by atoms with Gasteiger partial charge in [-0.3, -0.25) is 4.79 Å². The van der Waals surface area contributed by atoms with Crippen molar-refractivity contribution in [1.29, 1.82) is 0 Å². The number of piperidine rings is 1. The van der Waals surface area contributed by atoms with E-state index >= 15 is 0 Å². The molecule has 1 heterocycles. The predicted molar refractivity (Wildman–Crippen MR) is 115 cm³/mol. The van der Waals surface area contributed by atoms with E-state index in [-0.39, 0.29) is 30.3 Å². The number of carbonyl (C=O) groups excluding carboxylic acids is 2. The summed E-state index contributed by atoms with van der Waals surface area (Å²) in [6, 6.07) is 8.24. The van der Waals surface area contributed by atoms with Gasteiger partial charge in [0.15, 0.2) is 0 Å². The van der Waals surface area contributed by atoms with Crippen LogP contribution in [0.5, 0.6) is 0 Å². The summed E-state index contributed by atoms with van der Waals surface area (Å²) in [6.07, 6.45) is 6.25. The zero-order chi connectivity index (χ0) is 19.1. The van der Waals surface area contributed by atoms with Crippen LogP contribution in [0.2, 0.25) is 0 Å². The summed E-state index contributed by atoms with van der Waals surface area (Å²) >= 11 is 0. The van der Waals surface area contributed by atoms with Crippen LogP contribution in [0.4, 0.5) is 10.5 Å². The van der Waals surface area contributed by atoms with Crippen molar-refractivity contribution in [1.82, 2.24) is 15.5 Å². The van der Waals surface area contributed by atoms with Gasteiger partial charge in [0.1, 0.15) is 0 Å². The highest BCUT2D eigenvalue weighted by Crippen LogP contribution is 2.21. The lowest BCUT2D eigenvalue weighted by Gasteiger charge is -2.33. The zero-order valence-corrected chi connectivity index (χ0v) is 17.5. The Labute approximate surface area is 174 Å². The standard InChI is InChI=1S/C21H32N4O2.ClH/c1-2-22-14-16-7-5-11-19(13-16)23-20(26)17-8-6-12-25(15-17)21(27)24-18-9-3-4-10-18;/h5,7,11,13,17-18,22H,2-4,6,8-10,12,14-15H2,1H3,(H,23,26)(H,24,27);1H. The maximum atomic E-state index is 12.7. The molecular formula is C21H33ClN4O2. The molecule has 6 nitrogen and oxygen atoms in total. The third-order valence-electron chi connectivity index (χ3n) is 5.54. The number of rotatable bonds is 6. The molecule has 1 saturated carbocycles. The van der Waals surface area contributed by atoms with Crippen molar-refractivity contribution in [2.24, 2.45) is 5.92 Å². The topological polar surface area (TPSA) is 73.5 Å². The summed E-state index contributed by atoms with van der Waals surface area (Å²) in [5, 5.41) is 9.46. The summed E-state index contributed by atoms with van der Waals surface area (Å²) in [6.45, 7) is 5.02. The molecule has 1 aromatic rings. The molecule has 156 valence electrons. The first-order valence-corrected chi connectivity index (χ1v) is 10.3. The highest BCUT2D eigenvalue weighted by atomic mass is 35.5. The summed E-state index contributed by atoms with van der Waals surface area (Å²) in [5.41, 5.74) is 1.97. The van der Waals surface area contributed by atoms with Gasteiger partial charge in [-0.15, -0.1) is 12.4 Å². The minimum atomic E-state index is -0.148. The van der Waals surface area contributed by atoms with E-state index in [0.29, 0.717) is 12.6 Å². The van der Waals surface area contributed by atoms with Crippen LogP contribution in [0.3, 0.4) is 0 Å². The molecule has 0 spiro atoms. The molecule has 28 heavy (non-hydrogen) atoms. The second kappa shape index (κ2) is 11.3. The SMILES string of the molecule is CCNCc1cccc(NC(=O)C2CCCN(C(=O)NC3CCCC3)C2)c1.Cl. The number of carbonyl (C=O) groups is 2. The van der Waals surface area contributed by atoms with Crippen molar-refractivity contribution in [2.75, 3.05) is 25.0 Å². The number of amides is 3. The smallest absolute Gasteiger partial charge is 0.317 e. The van der Waals surface area contributed by atoms with Crippen LogP contribution in [0.15, 0.2) is 24.3 Å². The average Bonchev–Trinajstić information content (AvgIpc) is 3.20. The lowest BCUT2D eigenvalue weighted by atomic mass is 9.97. The molecule has 1 unspecified atom stereocenters. The van der Waals surface area contributed by atoms with E-state index in [0.717, 1.165) is 56.6 Å². The molecule has 1 aliphatic carbocycles. The summed E-state index contributed by atoms with van der Waals surface area (Å²) in [5.74, 6) is -0.139. The number of halogens is 1. The Balaban J connectivity index is 0.00000280. The van der Waals surface area contributed by atoms with Crippen LogP contribution in [0, 0.1) is 5.92 Å². The van der Waals surface area contributed by atoms with E-state index in [2.05, 4.69) is 22.9 Å². The molecule has 3 amide bonds. The molecule has 2 fully saturated rings.